The summed E-state index contributed by atoms with van der Waals surface area (Å²) < 4.78 is 10.8. The number of imide groups is 1. The van der Waals surface area contributed by atoms with E-state index in [9.17, 15) is 14.4 Å². The lowest BCUT2D eigenvalue weighted by Crippen LogP contribution is -2.46. The van der Waals surface area contributed by atoms with Gasteiger partial charge in [-0.15, -0.1) is 12.4 Å². The average Bonchev–Trinajstić information content (AvgIpc) is 2.61. The first-order chi connectivity index (χ1) is 12.5. The summed E-state index contributed by atoms with van der Waals surface area (Å²) in [7, 11) is 0. The third-order valence-electron chi connectivity index (χ3n) is 4.27. The third-order valence-corrected chi connectivity index (χ3v) is 4.27. The fourth-order valence-electron chi connectivity index (χ4n) is 3.05. The molecule has 3 N–H and O–H groups in total. The van der Waals surface area contributed by atoms with Gasteiger partial charge < -0.3 is 19.9 Å². The Morgan fingerprint density at radius 2 is 1.93 bits per heavy atom. The second kappa shape index (κ2) is 9.43. The first-order valence-electron chi connectivity index (χ1n) is 8.47. The van der Waals surface area contributed by atoms with Crippen molar-refractivity contribution in [3.05, 3.63) is 18.2 Å². The van der Waals surface area contributed by atoms with E-state index in [0.29, 0.717) is 56.3 Å². The maximum Gasteiger partial charge on any atom is 0.325 e. The van der Waals surface area contributed by atoms with Crippen molar-refractivity contribution >= 4 is 36.0 Å². The maximum atomic E-state index is 12.0. The molecule has 2 heterocycles. The van der Waals surface area contributed by atoms with Gasteiger partial charge in [0.05, 0.1) is 12.5 Å². The molecule has 27 heavy (non-hydrogen) atoms. The summed E-state index contributed by atoms with van der Waals surface area (Å²) in [4.78, 5) is 36.8. The Hall–Kier alpha value is -2.52. The van der Waals surface area contributed by atoms with Gasteiger partial charge in [0, 0.05) is 18.3 Å². The van der Waals surface area contributed by atoms with E-state index < -0.39 is 23.8 Å². The molecular formula is C17H22ClN3O6. The number of amides is 3. The molecule has 0 aliphatic carbocycles. The van der Waals surface area contributed by atoms with Crippen LogP contribution in [0.1, 0.15) is 12.8 Å². The number of urea groups is 1. The smallest absolute Gasteiger partial charge is 0.325 e. The van der Waals surface area contributed by atoms with Crippen LogP contribution in [-0.4, -0.2) is 60.8 Å². The van der Waals surface area contributed by atoms with E-state index in [1.54, 1.807) is 23.1 Å². The second-order valence-electron chi connectivity index (χ2n) is 6.27. The van der Waals surface area contributed by atoms with Gasteiger partial charge in [-0.05, 0) is 31.5 Å². The first-order valence-corrected chi connectivity index (χ1v) is 8.47. The van der Waals surface area contributed by atoms with E-state index in [1.807, 2.05) is 0 Å². The molecule has 148 valence electrons. The number of halogens is 1. The molecule has 3 rings (SSSR count). The van der Waals surface area contributed by atoms with Gasteiger partial charge in [0.15, 0.2) is 11.5 Å². The monoisotopic (exact) mass is 399 g/mol. The fraction of sp³-hybridized carbons (Fsp3) is 0.471. The fourth-order valence-corrected chi connectivity index (χ4v) is 3.05. The molecule has 0 saturated carbocycles. The largest absolute Gasteiger partial charge is 0.486 e. The summed E-state index contributed by atoms with van der Waals surface area (Å²) in [6.45, 7) is 1.86. The standard InChI is InChI=1S/C17H21N3O6.ClH/c21-15(10-20-5-1-2-11(9-20)16(22)23)19-17(24)18-12-3-4-13-14(8-12)26-7-6-25-13;/h3-4,8,11H,1-2,5-7,9-10H2,(H,22,23)(H2,18,19,21,24);1H. The van der Waals surface area contributed by atoms with Gasteiger partial charge in [0.1, 0.15) is 13.2 Å². The van der Waals surface area contributed by atoms with Crippen molar-refractivity contribution < 1.29 is 29.0 Å². The molecule has 2 aliphatic rings. The van der Waals surface area contributed by atoms with Gasteiger partial charge in [0.2, 0.25) is 5.91 Å². The molecule has 1 unspecified atom stereocenters. The topological polar surface area (TPSA) is 117 Å². The number of carbonyl (C=O) groups excluding carboxylic acids is 2. The minimum absolute atomic E-state index is 0. The second-order valence-corrected chi connectivity index (χ2v) is 6.27. The summed E-state index contributed by atoms with van der Waals surface area (Å²) in [5.41, 5.74) is 0.475. The highest BCUT2D eigenvalue weighted by molar-refractivity contribution is 6.01. The molecule has 1 saturated heterocycles. The van der Waals surface area contributed by atoms with Gasteiger partial charge in [-0.1, -0.05) is 0 Å². The van der Waals surface area contributed by atoms with E-state index in [4.69, 9.17) is 14.6 Å². The summed E-state index contributed by atoms with van der Waals surface area (Å²) >= 11 is 0. The number of carboxylic acid groups (broad SMARTS) is 1. The molecule has 0 spiro atoms. The number of carbonyl (C=O) groups is 3. The number of piperidine rings is 1. The molecule has 1 atom stereocenters. The quantitative estimate of drug-likeness (QED) is 0.699. The lowest BCUT2D eigenvalue weighted by molar-refractivity contribution is -0.144. The van der Waals surface area contributed by atoms with Crippen LogP contribution in [0.2, 0.25) is 0 Å². The number of likely N-dealkylation sites (tertiary alicyclic amines) is 1. The number of hydrogen-bond donors (Lipinski definition) is 3. The van der Waals surface area contributed by atoms with Crippen molar-refractivity contribution in [2.24, 2.45) is 5.92 Å². The molecule has 2 aliphatic heterocycles. The van der Waals surface area contributed by atoms with E-state index in [1.165, 1.54) is 0 Å². The molecule has 9 nitrogen and oxygen atoms in total. The average molecular weight is 400 g/mol. The molecule has 1 fully saturated rings. The van der Waals surface area contributed by atoms with Crippen molar-refractivity contribution in [1.82, 2.24) is 10.2 Å². The number of ether oxygens (including phenoxy) is 2. The highest BCUT2D eigenvalue weighted by Crippen LogP contribution is 2.32. The number of fused-ring (bicyclic) bond motifs is 1. The zero-order valence-corrected chi connectivity index (χ0v) is 15.4. The van der Waals surface area contributed by atoms with Crippen LogP contribution in [0.5, 0.6) is 11.5 Å². The van der Waals surface area contributed by atoms with Crippen molar-refractivity contribution in [3.63, 3.8) is 0 Å². The van der Waals surface area contributed by atoms with Gasteiger partial charge in [-0.3, -0.25) is 19.8 Å². The number of benzene rings is 1. The molecule has 0 bridgehead atoms. The predicted octanol–water partition coefficient (Wildman–Crippen LogP) is 1.32. The third kappa shape index (κ3) is 5.73. The van der Waals surface area contributed by atoms with Crippen molar-refractivity contribution in [1.29, 1.82) is 0 Å². The van der Waals surface area contributed by atoms with E-state index >= 15 is 0 Å². The van der Waals surface area contributed by atoms with E-state index in [0.717, 1.165) is 0 Å². The van der Waals surface area contributed by atoms with E-state index in [2.05, 4.69) is 10.6 Å². The highest BCUT2D eigenvalue weighted by atomic mass is 35.5. The van der Waals surface area contributed by atoms with Gasteiger partial charge >= 0.3 is 12.0 Å². The molecule has 1 aromatic rings. The van der Waals surface area contributed by atoms with Gasteiger partial charge in [-0.2, -0.15) is 0 Å². The molecule has 0 radical (unpaired) electrons. The number of carboxylic acids is 1. The van der Waals surface area contributed by atoms with Crippen LogP contribution in [0.25, 0.3) is 0 Å². The normalized spacial score (nSPS) is 18.7. The number of rotatable bonds is 4. The van der Waals surface area contributed by atoms with Crippen LogP contribution in [0, 0.1) is 5.92 Å². The minimum Gasteiger partial charge on any atom is -0.486 e. The highest BCUT2D eigenvalue weighted by Gasteiger charge is 2.26. The summed E-state index contributed by atoms with van der Waals surface area (Å²) in [6, 6.07) is 4.31. The van der Waals surface area contributed by atoms with Crippen LogP contribution in [0.3, 0.4) is 0 Å². The zero-order chi connectivity index (χ0) is 18.5. The molecule has 10 heteroatoms. The summed E-state index contributed by atoms with van der Waals surface area (Å²) in [5.74, 6) is -0.662. The van der Waals surface area contributed by atoms with Crippen molar-refractivity contribution in [2.75, 3.05) is 38.2 Å². The van der Waals surface area contributed by atoms with Crippen molar-refractivity contribution in [2.45, 2.75) is 12.8 Å². The molecule has 3 amide bonds. The Morgan fingerprint density at radius 1 is 1.19 bits per heavy atom. The summed E-state index contributed by atoms with van der Waals surface area (Å²) in [6.07, 6.45) is 1.33. The van der Waals surface area contributed by atoms with Gasteiger partial charge in [0.25, 0.3) is 0 Å². The number of aliphatic carboxylic acids is 1. The van der Waals surface area contributed by atoms with Crippen LogP contribution < -0.4 is 20.1 Å². The number of hydrogen-bond acceptors (Lipinski definition) is 6. The minimum atomic E-state index is -0.855. The SMILES string of the molecule is Cl.O=C(CN1CCCC(C(=O)O)C1)NC(=O)Nc1ccc2c(c1)OCCO2. The number of nitrogens with one attached hydrogen (secondary N) is 2. The first kappa shape index (κ1) is 20.8. The van der Waals surface area contributed by atoms with Crippen LogP contribution in [0.15, 0.2) is 18.2 Å². The van der Waals surface area contributed by atoms with Crippen LogP contribution >= 0.6 is 12.4 Å². The van der Waals surface area contributed by atoms with Gasteiger partial charge in [-0.25, -0.2) is 4.79 Å². The van der Waals surface area contributed by atoms with Crippen LogP contribution in [0.4, 0.5) is 10.5 Å². The molecule has 1 aromatic carbocycles. The Labute approximate surface area is 162 Å². The molecular weight excluding hydrogens is 378 g/mol. The number of anilines is 1. The lowest BCUT2D eigenvalue weighted by atomic mass is 9.98. The van der Waals surface area contributed by atoms with E-state index in [-0.39, 0.29) is 19.0 Å². The summed E-state index contributed by atoms with van der Waals surface area (Å²) in [5, 5.41) is 13.9. The predicted molar refractivity (Wildman–Crippen MR) is 98.6 cm³/mol. The Morgan fingerprint density at radius 3 is 2.67 bits per heavy atom. The number of nitrogens with zero attached hydrogens (tertiary/aromatic N) is 1. The Kier molecular flexibility index (Phi) is 7.26. The van der Waals surface area contributed by atoms with Crippen LogP contribution in [-0.2, 0) is 9.59 Å². The lowest BCUT2D eigenvalue weighted by Gasteiger charge is -2.29. The van der Waals surface area contributed by atoms with Crippen molar-refractivity contribution in [3.8, 4) is 11.5 Å². The molecule has 0 aromatic heterocycles. The Bertz CT molecular complexity index is 714. The maximum absolute atomic E-state index is 12.0. The Balaban J connectivity index is 0.00000261. The zero-order valence-electron chi connectivity index (χ0n) is 14.6.